The zero-order valence-electron chi connectivity index (χ0n) is 17.1. The zero-order chi connectivity index (χ0) is 20.3. The van der Waals surface area contributed by atoms with Crippen molar-refractivity contribution in [2.45, 2.75) is 26.7 Å². The van der Waals surface area contributed by atoms with E-state index in [2.05, 4.69) is 26.0 Å². The van der Waals surface area contributed by atoms with Crippen LogP contribution in [-0.2, 0) is 0 Å². The Morgan fingerprint density at radius 1 is 0.586 bits per heavy atom. The molecule has 0 bridgehead atoms. The van der Waals surface area contributed by atoms with E-state index in [0.717, 1.165) is 47.0 Å². The Balaban J connectivity index is 1.61. The van der Waals surface area contributed by atoms with Crippen LogP contribution in [0.25, 0.3) is 22.6 Å². The first-order valence-corrected chi connectivity index (χ1v) is 10.2. The van der Waals surface area contributed by atoms with Crippen molar-refractivity contribution < 1.29 is 13.9 Å². The van der Waals surface area contributed by atoms with Gasteiger partial charge in [0.15, 0.2) is 0 Å². The molecular formula is C26H28O3. The molecule has 29 heavy (non-hydrogen) atoms. The predicted molar refractivity (Wildman–Crippen MR) is 119 cm³/mol. The van der Waals surface area contributed by atoms with Crippen LogP contribution in [0.3, 0.4) is 0 Å². The maximum absolute atomic E-state index is 6.06. The molecule has 0 N–H and O–H groups in total. The Bertz CT molecular complexity index is 839. The third kappa shape index (κ3) is 6.15. The minimum atomic E-state index is 0.590. The molecule has 1 heterocycles. The molecule has 150 valence electrons. The fourth-order valence-corrected chi connectivity index (χ4v) is 2.84. The summed E-state index contributed by atoms with van der Waals surface area (Å²) in [4.78, 5) is 0. The lowest BCUT2D eigenvalue weighted by Crippen LogP contribution is -1.92. The van der Waals surface area contributed by atoms with E-state index in [4.69, 9.17) is 13.9 Å². The van der Waals surface area contributed by atoms with Gasteiger partial charge in [-0.15, -0.1) is 0 Å². The fraction of sp³-hybridized carbons (Fsp3) is 0.231. The number of furan rings is 1. The molecule has 0 fully saturated rings. The monoisotopic (exact) mass is 388 g/mol. The van der Waals surface area contributed by atoms with E-state index < -0.39 is 0 Å². The third-order valence-electron chi connectivity index (χ3n) is 4.38. The lowest BCUT2D eigenvalue weighted by molar-refractivity contribution is 0.362. The topological polar surface area (TPSA) is 31.6 Å². The van der Waals surface area contributed by atoms with E-state index in [9.17, 15) is 0 Å². The van der Waals surface area contributed by atoms with Crippen molar-refractivity contribution in [2.24, 2.45) is 0 Å². The van der Waals surface area contributed by atoms with Gasteiger partial charge in [0.1, 0.15) is 36.2 Å². The number of benzene rings is 2. The number of hydrogen-bond acceptors (Lipinski definition) is 3. The van der Waals surface area contributed by atoms with Gasteiger partial charge in [-0.2, -0.15) is 0 Å². The Kier molecular flexibility index (Phi) is 7.76. The molecule has 1 aromatic heterocycles. The largest absolute Gasteiger partial charge is 0.490 e. The molecule has 0 amide bonds. The van der Waals surface area contributed by atoms with Crippen molar-refractivity contribution in [3.63, 3.8) is 0 Å². The Labute approximate surface area is 173 Å². The van der Waals surface area contributed by atoms with Gasteiger partial charge in [0.25, 0.3) is 0 Å². The molecule has 0 unspecified atom stereocenters. The highest BCUT2D eigenvalue weighted by atomic mass is 16.5. The first kappa shape index (κ1) is 20.5. The molecule has 0 aliphatic heterocycles. The molecule has 0 aliphatic rings. The van der Waals surface area contributed by atoms with E-state index in [1.165, 1.54) is 0 Å². The van der Waals surface area contributed by atoms with Crippen LogP contribution in [0.4, 0.5) is 0 Å². The maximum atomic E-state index is 6.06. The molecule has 3 rings (SSSR count). The summed E-state index contributed by atoms with van der Waals surface area (Å²) in [6, 6.07) is 19.9. The van der Waals surface area contributed by atoms with Gasteiger partial charge < -0.3 is 13.9 Å². The maximum Gasteiger partial charge on any atom is 0.134 e. The van der Waals surface area contributed by atoms with Gasteiger partial charge in [0, 0.05) is 11.1 Å². The molecule has 2 aromatic carbocycles. The van der Waals surface area contributed by atoms with Crippen molar-refractivity contribution in [1.82, 2.24) is 0 Å². The van der Waals surface area contributed by atoms with E-state index in [0.29, 0.717) is 13.2 Å². The van der Waals surface area contributed by atoms with Crippen LogP contribution in [0.15, 0.2) is 89.4 Å². The van der Waals surface area contributed by atoms with Crippen LogP contribution < -0.4 is 9.47 Å². The van der Waals surface area contributed by atoms with Crippen molar-refractivity contribution in [3.05, 3.63) is 85.0 Å². The molecule has 0 radical (unpaired) electrons. The molecule has 0 spiro atoms. The lowest BCUT2D eigenvalue weighted by atomic mass is 10.1. The number of allylic oxidation sites excluding steroid dienone is 2. The summed E-state index contributed by atoms with van der Waals surface area (Å²) in [7, 11) is 0. The van der Waals surface area contributed by atoms with Crippen LogP contribution in [0.2, 0.25) is 0 Å². The van der Waals surface area contributed by atoms with Crippen LogP contribution in [-0.4, -0.2) is 13.2 Å². The normalized spacial score (nSPS) is 11.4. The second-order valence-corrected chi connectivity index (χ2v) is 6.59. The average molecular weight is 389 g/mol. The van der Waals surface area contributed by atoms with Gasteiger partial charge in [0.2, 0.25) is 0 Å². The molecule has 0 atom stereocenters. The Morgan fingerprint density at radius 3 is 1.38 bits per heavy atom. The summed E-state index contributed by atoms with van der Waals surface area (Å²) in [5.74, 6) is 3.38. The second-order valence-electron chi connectivity index (χ2n) is 6.59. The smallest absolute Gasteiger partial charge is 0.134 e. The van der Waals surface area contributed by atoms with Crippen molar-refractivity contribution in [1.29, 1.82) is 0 Å². The number of hydrogen-bond donors (Lipinski definition) is 0. The molecular weight excluding hydrogens is 360 g/mol. The minimum Gasteiger partial charge on any atom is -0.490 e. The summed E-state index contributed by atoms with van der Waals surface area (Å²) >= 11 is 0. The van der Waals surface area contributed by atoms with Crippen LogP contribution in [0.5, 0.6) is 11.5 Å². The van der Waals surface area contributed by atoms with E-state index in [1.54, 1.807) is 0 Å². The Morgan fingerprint density at radius 2 is 1.00 bits per heavy atom. The molecule has 0 saturated carbocycles. The quantitative estimate of drug-likeness (QED) is 0.341. The highest BCUT2D eigenvalue weighted by Crippen LogP contribution is 2.30. The standard InChI is InChI=1S/C26H28O3/c1-3-5-7-19-27-23-13-9-21(10-14-23)25-17-18-26(29-25)22-11-15-24(16-12-22)28-20-8-6-4-2/h5-18H,3-4,19-20H2,1-2H3. The van der Waals surface area contributed by atoms with E-state index in [1.807, 2.05) is 72.8 Å². The van der Waals surface area contributed by atoms with Gasteiger partial charge >= 0.3 is 0 Å². The summed E-state index contributed by atoms with van der Waals surface area (Å²) in [6.07, 6.45) is 10.3. The summed E-state index contributed by atoms with van der Waals surface area (Å²) in [5, 5.41) is 0. The van der Waals surface area contributed by atoms with Crippen LogP contribution >= 0.6 is 0 Å². The van der Waals surface area contributed by atoms with E-state index >= 15 is 0 Å². The Hall–Kier alpha value is -3.20. The lowest BCUT2D eigenvalue weighted by Gasteiger charge is -2.05. The molecule has 0 saturated heterocycles. The first-order valence-electron chi connectivity index (χ1n) is 10.2. The molecule has 3 aromatic rings. The minimum absolute atomic E-state index is 0.590. The highest BCUT2D eigenvalue weighted by Gasteiger charge is 2.07. The predicted octanol–water partition coefficient (Wildman–Crippen LogP) is 7.30. The summed E-state index contributed by atoms with van der Waals surface area (Å²) in [6.45, 7) is 5.40. The van der Waals surface area contributed by atoms with Gasteiger partial charge in [-0.05, 0) is 73.5 Å². The van der Waals surface area contributed by atoms with Crippen molar-refractivity contribution in [2.75, 3.05) is 13.2 Å². The zero-order valence-corrected chi connectivity index (χ0v) is 17.1. The van der Waals surface area contributed by atoms with Crippen LogP contribution in [0, 0.1) is 0 Å². The van der Waals surface area contributed by atoms with Gasteiger partial charge in [-0.1, -0.05) is 38.2 Å². The SMILES string of the molecule is CCC=CCOc1ccc(-c2ccc(-c3ccc(OCC=CCC)cc3)o2)cc1. The third-order valence-corrected chi connectivity index (χ3v) is 4.38. The molecule has 3 nitrogen and oxygen atoms in total. The highest BCUT2D eigenvalue weighted by molar-refractivity contribution is 5.65. The number of rotatable bonds is 10. The summed E-state index contributed by atoms with van der Waals surface area (Å²) in [5.41, 5.74) is 2.05. The van der Waals surface area contributed by atoms with Crippen LogP contribution in [0.1, 0.15) is 26.7 Å². The summed E-state index contributed by atoms with van der Waals surface area (Å²) < 4.78 is 17.4. The second kappa shape index (κ2) is 11.0. The van der Waals surface area contributed by atoms with E-state index in [-0.39, 0.29) is 0 Å². The van der Waals surface area contributed by atoms with Gasteiger partial charge in [-0.3, -0.25) is 0 Å². The average Bonchev–Trinajstić information content (AvgIpc) is 3.25. The molecule has 3 heteroatoms. The van der Waals surface area contributed by atoms with Crippen molar-refractivity contribution in [3.8, 4) is 34.1 Å². The first-order chi connectivity index (χ1) is 14.3. The molecule has 0 aliphatic carbocycles. The van der Waals surface area contributed by atoms with Gasteiger partial charge in [0.05, 0.1) is 0 Å². The fourth-order valence-electron chi connectivity index (χ4n) is 2.84. The van der Waals surface area contributed by atoms with Crippen molar-refractivity contribution >= 4 is 0 Å². The van der Waals surface area contributed by atoms with Gasteiger partial charge in [-0.25, -0.2) is 0 Å². The number of ether oxygens (including phenoxy) is 2.